The maximum atomic E-state index is 16.2. The molecular weight excluding hydrogens is 641 g/mol. The smallest absolute Gasteiger partial charge is 0.351 e. The molecule has 1 amide bonds. The highest BCUT2D eigenvalue weighted by Gasteiger charge is 2.53. The van der Waals surface area contributed by atoms with E-state index in [-0.39, 0.29) is 30.8 Å². The summed E-state index contributed by atoms with van der Waals surface area (Å²) in [5.74, 6) is -4.28. The van der Waals surface area contributed by atoms with Crippen LogP contribution in [-0.2, 0) is 30.6 Å². The molecule has 11 nitrogen and oxygen atoms in total. The van der Waals surface area contributed by atoms with E-state index in [2.05, 4.69) is 27.2 Å². The van der Waals surface area contributed by atoms with Crippen molar-refractivity contribution in [2.24, 2.45) is 45.2 Å². The molecule has 3 heterocycles. The summed E-state index contributed by atoms with van der Waals surface area (Å²) in [6.45, 7) is 15.5. The Bertz CT molecular complexity index is 1570. The predicted octanol–water partition coefficient (Wildman–Crippen LogP) is 6.64. The van der Waals surface area contributed by atoms with Crippen LogP contribution in [0.2, 0.25) is 0 Å². The molecule has 1 aliphatic heterocycles. The molecule has 1 saturated carbocycles. The molecular formula is C38H54FN5O6. The fraction of sp³-hybridized carbons (Fsp3) is 0.658. The van der Waals surface area contributed by atoms with Crippen molar-refractivity contribution in [3.05, 3.63) is 42.4 Å². The Morgan fingerprint density at radius 1 is 1.14 bits per heavy atom. The standard InChI is InChI=1S/C38H54FN5O6/c1-10-31-38(9,48)30-14-13-29(43-49-22-28-12-15-32(40-21-28)44-19-11-18-41-44)16-17-36(7,20-23(2)33(25(30)4)42-27(6)45)26(5)24(3)34(46)37(8,39)35(47)50-31/h11-12,15,18-19,21,23-26,30-31,48H,10,13-14,16-17,20,22H2,1-9H3/b42-33+,43-29+/t23-,24-,25-,26-,30-,31-,36-,37+,38+/m1/s1. The molecule has 274 valence electrons. The molecule has 12 heteroatoms. The van der Waals surface area contributed by atoms with Gasteiger partial charge in [0.15, 0.2) is 11.6 Å². The summed E-state index contributed by atoms with van der Waals surface area (Å²) in [7, 11) is 0. The third-order valence-corrected chi connectivity index (χ3v) is 11.5. The number of rotatable bonds is 5. The van der Waals surface area contributed by atoms with Gasteiger partial charge in [-0.15, -0.1) is 0 Å². The van der Waals surface area contributed by atoms with E-state index in [0.29, 0.717) is 43.6 Å². The molecule has 0 unspecified atom stereocenters. The van der Waals surface area contributed by atoms with E-state index in [4.69, 9.17) is 9.57 Å². The summed E-state index contributed by atoms with van der Waals surface area (Å²) in [5.41, 5.74) is -2.92. The van der Waals surface area contributed by atoms with Gasteiger partial charge in [-0.2, -0.15) is 5.10 Å². The lowest BCUT2D eigenvalue weighted by Crippen LogP contribution is -2.55. The fourth-order valence-electron chi connectivity index (χ4n) is 8.08. The van der Waals surface area contributed by atoms with Crippen molar-refractivity contribution < 1.29 is 33.5 Å². The number of hydrogen-bond donors (Lipinski definition) is 1. The van der Waals surface area contributed by atoms with Gasteiger partial charge in [0.05, 0.1) is 5.71 Å². The molecule has 2 fully saturated rings. The molecule has 0 spiro atoms. The zero-order chi connectivity index (χ0) is 37.0. The van der Waals surface area contributed by atoms with Crippen LogP contribution >= 0.6 is 0 Å². The lowest BCUT2D eigenvalue weighted by Gasteiger charge is -2.45. The Morgan fingerprint density at radius 3 is 2.46 bits per heavy atom. The van der Waals surface area contributed by atoms with Gasteiger partial charge in [-0.3, -0.25) is 9.59 Å². The summed E-state index contributed by atoms with van der Waals surface area (Å²) in [5, 5.41) is 21.1. The molecule has 50 heavy (non-hydrogen) atoms. The van der Waals surface area contributed by atoms with Gasteiger partial charge in [-0.1, -0.05) is 52.8 Å². The van der Waals surface area contributed by atoms with Crippen molar-refractivity contribution >= 4 is 29.1 Å². The van der Waals surface area contributed by atoms with Crippen LogP contribution in [0, 0.1) is 35.0 Å². The Kier molecular flexibility index (Phi) is 12.2. The number of ketones is 1. The van der Waals surface area contributed by atoms with Gasteiger partial charge in [0.1, 0.15) is 18.3 Å². The third kappa shape index (κ3) is 8.38. The van der Waals surface area contributed by atoms with Crippen molar-refractivity contribution in [2.45, 2.75) is 125 Å². The lowest BCUT2D eigenvalue weighted by molar-refractivity contribution is -0.186. The highest BCUT2D eigenvalue weighted by atomic mass is 19.1. The second kappa shape index (κ2) is 15.6. The molecule has 9 atom stereocenters. The minimum Gasteiger partial charge on any atom is -0.457 e. The zero-order valence-electron chi connectivity index (χ0n) is 31.0. The summed E-state index contributed by atoms with van der Waals surface area (Å²) in [6.07, 6.45) is 6.69. The first-order valence-electron chi connectivity index (χ1n) is 17.8. The summed E-state index contributed by atoms with van der Waals surface area (Å²) >= 11 is 0. The zero-order valence-corrected chi connectivity index (χ0v) is 31.0. The number of fused-ring (bicyclic) bond motifs is 5. The topological polar surface area (TPSA) is 145 Å². The van der Waals surface area contributed by atoms with Gasteiger partial charge in [0.25, 0.3) is 5.67 Å². The summed E-state index contributed by atoms with van der Waals surface area (Å²) in [6, 6.07) is 5.57. The number of ether oxygens (including phenoxy) is 1. The largest absolute Gasteiger partial charge is 0.457 e. The molecule has 1 saturated heterocycles. The molecule has 2 bridgehead atoms. The van der Waals surface area contributed by atoms with Gasteiger partial charge < -0.3 is 14.7 Å². The van der Waals surface area contributed by atoms with Crippen LogP contribution in [0.15, 0.2) is 46.9 Å². The number of hydrogen-bond acceptors (Lipinski definition) is 9. The van der Waals surface area contributed by atoms with Crippen LogP contribution in [0.3, 0.4) is 0 Å². The van der Waals surface area contributed by atoms with Crippen LogP contribution in [0.25, 0.3) is 5.82 Å². The summed E-state index contributed by atoms with van der Waals surface area (Å²) in [4.78, 5) is 54.6. The maximum Gasteiger partial charge on any atom is 0.351 e. The number of nitrogens with zero attached hydrogens (tertiary/aromatic N) is 5. The second-order valence-electron chi connectivity index (χ2n) is 15.1. The van der Waals surface area contributed by atoms with Crippen LogP contribution in [0.5, 0.6) is 0 Å². The van der Waals surface area contributed by atoms with Crippen LogP contribution in [0.4, 0.5) is 4.39 Å². The van der Waals surface area contributed by atoms with Crippen molar-refractivity contribution in [3.8, 4) is 5.82 Å². The van der Waals surface area contributed by atoms with Gasteiger partial charge in [0, 0.05) is 48.6 Å². The van der Waals surface area contributed by atoms with Crippen molar-refractivity contribution in [1.82, 2.24) is 14.8 Å². The summed E-state index contributed by atoms with van der Waals surface area (Å²) < 4.78 is 23.6. The number of carbonyl (C=O) groups is 3. The van der Waals surface area contributed by atoms with Crippen LogP contribution in [0.1, 0.15) is 106 Å². The van der Waals surface area contributed by atoms with E-state index in [0.717, 1.165) is 18.2 Å². The first-order valence-corrected chi connectivity index (χ1v) is 17.8. The number of cyclic esters (lactones) is 1. The minimum absolute atomic E-state index is 0.169. The maximum absolute atomic E-state index is 16.2. The predicted molar refractivity (Wildman–Crippen MR) is 188 cm³/mol. The number of esters is 1. The van der Waals surface area contributed by atoms with Crippen molar-refractivity contribution in [1.29, 1.82) is 0 Å². The number of pyridine rings is 1. The highest BCUT2D eigenvalue weighted by molar-refractivity contribution is 6.07. The molecule has 2 aromatic heterocycles. The number of carbonyl (C=O) groups excluding carboxylic acids is 3. The average Bonchev–Trinajstić information content (AvgIpc) is 3.61. The number of alkyl halides is 1. The van der Waals surface area contributed by atoms with Gasteiger partial charge in [0.2, 0.25) is 5.91 Å². The van der Waals surface area contributed by atoms with Gasteiger partial charge in [-0.25, -0.2) is 23.8 Å². The average molecular weight is 696 g/mol. The second-order valence-corrected chi connectivity index (χ2v) is 15.1. The van der Waals surface area contributed by atoms with Gasteiger partial charge >= 0.3 is 5.97 Å². The van der Waals surface area contributed by atoms with E-state index in [1.165, 1.54) is 6.92 Å². The van der Waals surface area contributed by atoms with Crippen molar-refractivity contribution in [3.63, 3.8) is 0 Å². The monoisotopic (exact) mass is 695 g/mol. The molecule has 2 aliphatic rings. The Labute approximate surface area is 295 Å². The molecule has 1 N–H and O–H groups in total. The van der Waals surface area contributed by atoms with E-state index < -0.39 is 52.3 Å². The van der Waals surface area contributed by atoms with E-state index in [9.17, 15) is 19.5 Å². The normalized spacial score (nSPS) is 36.3. The Balaban J connectivity index is 1.79. The SMILES string of the molecule is CC[C@H]1OC(=O)[C@@](C)(F)C(=O)[C@H](C)[C@@H](C)[C@]2(C)CC/C(=N/OCc3ccc(-n4cccn4)nc3)CC[C@H]([C@@H](C)/C(=N/C(C)=O)[C@H](C)C2)[C@]1(C)O. The van der Waals surface area contributed by atoms with E-state index >= 15 is 4.39 Å². The first kappa shape index (κ1) is 39.0. The van der Waals surface area contributed by atoms with E-state index in [1.807, 2.05) is 45.2 Å². The molecule has 4 rings (SSSR count). The number of oxime groups is 1. The number of amides is 1. The van der Waals surface area contributed by atoms with Crippen molar-refractivity contribution in [2.75, 3.05) is 0 Å². The number of aliphatic hydroxyl groups is 1. The molecule has 0 aromatic carbocycles. The molecule has 2 aromatic rings. The molecule has 1 aliphatic carbocycles. The molecule has 0 radical (unpaired) electrons. The number of aliphatic imine (C=N–C) groups is 1. The fourth-order valence-corrected chi connectivity index (χ4v) is 8.08. The minimum atomic E-state index is -2.90. The Morgan fingerprint density at radius 2 is 1.86 bits per heavy atom. The lowest BCUT2D eigenvalue weighted by atomic mass is 9.62. The van der Waals surface area contributed by atoms with Crippen LogP contribution in [-0.4, -0.2) is 66.3 Å². The quantitative estimate of drug-likeness (QED) is 0.208. The van der Waals surface area contributed by atoms with Gasteiger partial charge in [-0.05, 0) is 87.7 Å². The van der Waals surface area contributed by atoms with E-state index in [1.54, 1.807) is 37.8 Å². The Hall–Kier alpha value is -3.80. The number of halogens is 1. The first-order chi connectivity index (χ1) is 23.4. The number of Topliss-reactive ketones (excluding diaryl/α,β-unsaturated/α-hetero) is 1. The number of aromatic nitrogens is 3. The third-order valence-electron chi connectivity index (χ3n) is 11.5. The van der Waals surface area contributed by atoms with Crippen LogP contribution < -0.4 is 0 Å². The highest BCUT2D eigenvalue weighted by Crippen LogP contribution is 2.47.